The molecule has 1 aliphatic carbocycles. The van der Waals surface area contributed by atoms with E-state index in [9.17, 15) is 32.9 Å². The zero-order valence-electron chi connectivity index (χ0n) is 46.2. The second-order valence-electron chi connectivity index (χ2n) is 23.0. The van der Waals surface area contributed by atoms with Gasteiger partial charge in [-0.05, 0) is 137 Å². The van der Waals surface area contributed by atoms with Crippen molar-refractivity contribution < 1.29 is 41.5 Å². The Labute approximate surface area is 462 Å². The number of nitriles is 1. The van der Waals surface area contributed by atoms with Crippen molar-refractivity contribution in [3.63, 3.8) is 0 Å². The smallest absolute Gasteiger partial charge is 0.414 e. The third-order valence-electron chi connectivity index (χ3n) is 13.4. The summed E-state index contributed by atoms with van der Waals surface area (Å²) < 4.78 is 45.0. The topological polar surface area (TPSA) is 210 Å². The molecule has 410 valence electrons. The van der Waals surface area contributed by atoms with Crippen molar-refractivity contribution in [1.82, 2.24) is 4.98 Å². The minimum atomic E-state index is -3.56. The Hall–Kier alpha value is -7.48. The molecule has 0 spiro atoms. The fourth-order valence-electron chi connectivity index (χ4n) is 9.98. The van der Waals surface area contributed by atoms with E-state index in [0.29, 0.717) is 39.2 Å². The van der Waals surface area contributed by atoms with Gasteiger partial charge in [0.05, 0.1) is 28.3 Å². The highest BCUT2D eigenvalue weighted by molar-refractivity contribution is 7.92. The predicted molar refractivity (Wildman–Crippen MR) is 308 cm³/mol. The molecule has 7 rings (SSSR count). The highest BCUT2D eigenvalue weighted by Crippen LogP contribution is 2.39. The van der Waals surface area contributed by atoms with E-state index in [1.807, 2.05) is 37.3 Å². The number of sulfonamides is 1. The molecule has 78 heavy (non-hydrogen) atoms. The summed E-state index contributed by atoms with van der Waals surface area (Å²) in [6, 6.07) is 30.3. The summed E-state index contributed by atoms with van der Waals surface area (Å²) in [6.07, 6.45) is 5.19. The molecule has 1 aromatic heterocycles. The molecule has 1 unspecified atom stereocenters. The number of fused-ring (bicyclic) bond motifs is 1. The lowest BCUT2D eigenvalue weighted by molar-refractivity contribution is -0.140. The SMILES string of the molecule is CC(=O)Nc1cc(COC(=O)N(c2ccc(/C=C(\C#N)c3nc4cc(C(C)(C)CC(C)(C)C)ccc4o3)c(C)c2)C2CCCC2)ccc1OC(C(=O)Nc1cc(Cc2ccccc2NS(C)(=O)=O)ccc1Cl)C(=O)C(C)(C)C. The summed E-state index contributed by atoms with van der Waals surface area (Å²) in [5.74, 6) is -1.63. The Morgan fingerprint density at radius 2 is 1.56 bits per heavy atom. The monoisotopic (exact) mass is 1100 g/mol. The number of para-hydroxylation sites is 1. The molecule has 1 saturated carbocycles. The molecule has 6 aromatic rings. The number of halogens is 1. The van der Waals surface area contributed by atoms with Crippen LogP contribution in [0.5, 0.6) is 5.75 Å². The maximum Gasteiger partial charge on any atom is 0.414 e. The number of anilines is 4. The van der Waals surface area contributed by atoms with E-state index in [1.165, 1.54) is 13.0 Å². The number of ether oxygens (including phenoxy) is 2. The van der Waals surface area contributed by atoms with Gasteiger partial charge in [-0.25, -0.2) is 18.2 Å². The molecule has 0 radical (unpaired) electrons. The van der Waals surface area contributed by atoms with Crippen LogP contribution in [-0.2, 0) is 47.6 Å². The number of benzene rings is 5. The normalized spacial score (nSPS) is 13.9. The van der Waals surface area contributed by atoms with Crippen LogP contribution >= 0.6 is 11.6 Å². The predicted octanol–water partition coefficient (Wildman–Crippen LogP) is 13.6. The Morgan fingerprint density at radius 3 is 2.22 bits per heavy atom. The zero-order valence-corrected chi connectivity index (χ0v) is 47.8. The Bertz CT molecular complexity index is 3450. The molecule has 15 nitrogen and oxygen atoms in total. The number of rotatable bonds is 18. The number of nitrogens with zero attached hydrogens (tertiary/aromatic N) is 3. The van der Waals surface area contributed by atoms with Gasteiger partial charge in [0.15, 0.2) is 11.4 Å². The lowest BCUT2D eigenvalue weighted by Gasteiger charge is -2.32. The van der Waals surface area contributed by atoms with Crippen LogP contribution in [0.2, 0.25) is 5.02 Å². The number of oxazole rings is 1. The van der Waals surface area contributed by atoms with E-state index in [4.69, 9.17) is 30.5 Å². The number of aryl methyl sites for hydroxylation is 1. The minimum Gasteiger partial charge on any atom is -0.470 e. The van der Waals surface area contributed by atoms with Gasteiger partial charge in [-0.15, -0.1) is 0 Å². The first-order chi connectivity index (χ1) is 36.6. The van der Waals surface area contributed by atoms with Crippen molar-refractivity contribution in [2.45, 2.75) is 132 Å². The molecule has 1 fully saturated rings. The van der Waals surface area contributed by atoms with Crippen molar-refractivity contribution in [2.75, 3.05) is 26.5 Å². The van der Waals surface area contributed by atoms with Gasteiger partial charge in [-0.3, -0.25) is 24.0 Å². The van der Waals surface area contributed by atoms with Gasteiger partial charge in [0.1, 0.15) is 29.5 Å². The summed E-state index contributed by atoms with van der Waals surface area (Å²) in [6.45, 7) is 19.1. The Balaban J connectivity index is 1.09. The molecular weight excluding hydrogens is 1030 g/mol. The van der Waals surface area contributed by atoms with E-state index in [0.717, 1.165) is 55.1 Å². The number of carbonyl (C=O) groups excluding carboxylic acids is 4. The lowest BCUT2D eigenvalue weighted by atomic mass is 9.72. The molecule has 3 amide bonds. The molecule has 0 aliphatic heterocycles. The maximum atomic E-state index is 14.2. The van der Waals surface area contributed by atoms with Crippen LogP contribution in [0.25, 0.3) is 22.7 Å². The van der Waals surface area contributed by atoms with Crippen LogP contribution in [0.4, 0.5) is 27.5 Å². The molecule has 1 heterocycles. The molecule has 17 heteroatoms. The lowest BCUT2D eigenvalue weighted by Crippen LogP contribution is -2.45. The summed E-state index contributed by atoms with van der Waals surface area (Å²) in [5, 5.41) is 16.0. The minimum absolute atomic E-state index is 0.00509. The molecule has 5 aromatic carbocycles. The highest BCUT2D eigenvalue weighted by atomic mass is 35.5. The number of hydrogen-bond acceptors (Lipinski definition) is 11. The largest absolute Gasteiger partial charge is 0.470 e. The molecule has 0 bridgehead atoms. The summed E-state index contributed by atoms with van der Waals surface area (Å²) >= 11 is 6.59. The number of hydrogen-bond donors (Lipinski definition) is 3. The zero-order chi connectivity index (χ0) is 56.9. The molecule has 0 saturated heterocycles. The van der Waals surface area contributed by atoms with Crippen LogP contribution in [-0.4, -0.2) is 55.5 Å². The second-order valence-corrected chi connectivity index (χ2v) is 25.2. The molecule has 3 N–H and O–H groups in total. The summed E-state index contributed by atoms with van der Waals surface area (Å²) in [5.41, 5.74) is 6.36. The fourth-order valence-corrected chi connectivity index (χ4v) is 10.7. The number of ketones is 1. The van der Waals surface area contributed by atoms with Crippen molar-refractivity contribution in [3.05, 3.63) is 141 Å². The van der Waals surface area contributed by atoms with E-state index < -0.39 is 45.2 Å². The average Bonchev–Trinajstić information content (AvgIpc) is 4.07. The second kappa shape index (κ2) is 23.6. The van der Waals surface area contributed by atoms with Crippen molar-refractivity contribution >= 4 is 90.8 Å². The van der Waals surface area contributed by atoms with Crippen molar-refractivity contribution in [1.29, 1.82) is 5.26 Å². The Kier molecular flexibility index (Phi) is 17.6. The third-order valence-corrected chi connectivity index (χ3v) is 14.3. The average molecular weight is 1100 g/mol. The van der Waals surface area contributed by atoms with Gasteiger partial charge in [-0.2, -0.15) is 5.26 Å². The number of amides is 3. The van der Waals surface area contributed by atoms with Gasteiger partial charge in [0.25, 0.3) is 5.91 Å². The van der Waals surface area contributed by atoms with Gasteiger partial charge < -0.3 is 24.5 Å². The van der Waals surface area contributed by atoms with Crippen molar-refractivity contribution in [2.24, 2.45) is 10.8 Å². The van der Waals surface area contributed by atoms with Crippen LogP contribution < -0.4 is 25.0 Å². The third kappa shape index (κ3) is 15.0. The van der Waals surface area contributed by atoms with Crippen LogP contribution in [0.1, 0.15) is 134 Å². The van der Waals surface area contributed by atoms with Crippen molar-refractivity contribution in [3.8, 4) is 11.8 Å². The van der Waals surface area contributed by atoms with Crippen LogP contribution in [0, 0.1) is 29.1 Å². The maximum absolute atomic E-state index is 14.2. The first-order valence-electron chi connectivity index (χ1n) is 25.9. The van der Waals surface area contributed by atoms with E-state index in [-0.39, 0.29) is 63.5 Å². The van der Waals surface area contributed by atoms with Crippen LogP contribution in [0.3, 0.4) is 0 Å². The van der Waals surface area contributed by atoms with Crippen LogP contribution in [0.15, 0.2) is 101 Å². The van der Waals surface area contributed by atoms with Gasteiger partial charge in [0, 0.05) is 24.1 Å². The number of allylic oxidation sites excluding steroid dienone is 1. The summed E-state index contributed by atoms with van der Waals surface area (Å²) in [7, 11) is -3.56. The number of nitrogens with one attached hydrogen (secondary N) is 3. The van der Waals surface area contributed by atoms with E-state index in [2.05, 4.69) is 62.1 Å². The molecular formula is C61H69ClN6O9S. The first-order valence-corrected chi connectivity index (χ1v) is 28.2. The van der Waals surface area contributed by atoms with E-state index >= 15 is 0 Å². The number of carbonyl (C=O) groups is 4. The fraction of sp³-hybridized carbons (Fsp3) is 0.377. The quantitative estimate of drug-likeness (QED) is 0.0544. The number of aromatic nitrogens is 1. The highest BCUT2D eigenvalue weighted by Gasteiger charge is 2.38. The van der Waals surface area contributed by atoms with Gasteiger partial charge in [0.2, 0.25) is 27.9 Å². The summed E-state index contributed by atoms with van der Waals surface area (Å²) in [4.78, 5) is 61.5. The standard InChI is InChI=1S/C61H69ClN6O9S/c1-37-28-46(24-22-41(37)32-43(34-63)57-66-51-33-44(23-27-53(51)77-57)61(9,10)36-59(3,4)5)68(45-17-13-14-18-45)58(72)75-35-40-21-26-52(50(31-40)64-38(2)69)76-54(55(70)60(6,7)8)56(71)65-49-30-39(20-25-47(49)62)29-42-16-12-15-19-48(42)67-78(11,73)74/h12,15-16,19-28,30-33,45,54,67H,13-14,17-18,29,35-36H2,1-11H3,(H,64,69)(H,65,71)/b43-32+. The van der Waals surface area contributed by atoms with E-state index in [1.54, 1.807) is 86.3 Å². The van der Waals surface area contributed by atoms with Gasteiger partial charge >= 0.3 is 6.09 Å². The van der Waals surface area contributed by atoms with Gasteiger partial charge in [-0.1, -0.05) is 122 Å². The first kappa shape index (κ1) is 58.2. The molecule has 1 atom stereocenters. The molecule has 1 aliphatic rings. The number of Topliss-reactive ketones (excluding diaryl/α,β-unsaturated/α-hetero) is 1. The Morgan fingerprint density at radius 1 is 0.872 bits per heavy atom.